The number of aliphatic carboxylic acids is 1. The molecule has 2 amide bonds. The molecule has 1 aromatic rings. The summed E-state index contributed by atoms with van der Waals surface area (Å²) >= 11 is 0. The number of rotatable bonds is 11. The predicted molar refractivity (Wildman–Crippen MR) is 100 cm³/mol. The van der Waals surface area contributed by atoms with E-state index < -0.39 is 55.3 Å². The Hall–Kier alpha value is -2.62. The molecule has 10 heteroatoms. The van der Waals surface area contributed by atoms with E-state index in [1.807, 2.05) is 0 Å². The Morgan fingerprint density at radius 1 is 1.23 bits per heavy atom. The second-order valence-corrected chi connectivity index (χ2v) is 7.12. The number of hydrogen-bond donors (Lipinski definition) is 3. The van der Waals surface area contributed by atoms with Gasteiger partial charge in [0, 0.05) is 31.5 Å². The van der Waals surface area contributed by atoms with Crippen molar-refractivity contribution in [2.75, 3.05) is 13.1 Å². The first-order valence-corrected chi connectivity index (χ1v) is 9.47. The van der Waals surface area contributed by atoms with Crippen LogP contribution < -0.4 is 5.32 Å². The zero-order valence-corrected chi connectivity index (χ0v) is 16.1. The van der Waals surface area contributed by atoms with Gasteiger partial charge in [0.2, 0.25) is 5.92 Å². The van der Waals surface area contributed by atoms with E-state index >= 15 is 0 Å². The third kappa shape index (κ3) is 6.45. The number of benzene rings is 1. The highest BCUT2D eigenvalue weighted by Gasteiger charge is 2.39. The Labute approximate surface area is 171 Å². The van der Waals surface area contributed by atoms with Crippen molar-refractivity contribution < 1.29 is 37.4 Å². The molecule has 1 aliphatic heterocycles. The summed E-state index contributed by atoms with van der Waals surface area (Å²) in [5.74, 6) is -8.02. The Kier molecular flexibility index (Phi) is 7.83. The standard InChI is InChI=1S/C20H24F4N2O4/c21-19(22,11-9-17(28)29)10-4-12-26-15(13-25-18(26)30)7-8-16(27)20(23,24)14-5-2-1-3-6-14/h1-3,5-8,15-16,27H,4,9-13H2,(H,25,30)(H,28,29)/b8-7+/t15-,16?/m0/s1. The van der Waals surface area contributed by atoms with Crippen molar-refractivity contribution in [2.45, 2.75) is 49.7 Å². The van der Waals surface area contributed by atoms with E-state index in [0.717, 1.165) is 6.08 Å². The molecule has 1 aromatic carbocycles. The van der Waals surface area contributed by atoms with Crippen LogP contribution in [0, 0.1) is 0 Å². The van der Waals surface area contributed by atoms with Gasteiger partial charge in [0.05, 0.1) is 12.5 Å². The van der Waals surface area contributed by atoms with Gasteiger partial charge in [-0.3, -0.25) is 4.79 Å². The van der Waals surface area contributed by atoms with E-state index in [9.17, 15) is 32.3 Å². The lowest BCUT2D eigenvalue weighted by Crippen LogP contribution is -2.35. The Bertz CT molecular complexity index is 758. The number of nitrogens with zero attached hydrogens (tertiary/aromatic N) is 1. The first kappa shape index (κ1) is 23.7. The van der Waals surface area contributed by atoms with Crippen LogP contribution >= 0.6 is 0 Å². The number of carbonyl (C=O) groups excluding carboxylic acids is 1. The number of alkyl halides is 4. The van der Waals surface area contributed by atoms with E-state index in [4.69, 9.17) is 5.11 Å². The molecular weight excluding hydrogens is 408 g/mol. The summed E-state index contributed by atoms with van der Waals surface area (Å²) in [4.78, 5) is 23.6. The van der Waals surface area contributed by atoms with E-state index in [2.05, 4.69) is 5.32 Å². The lowest BCUT2D eigenvalue weighted by molar-refractivity contribution is -0.139. The molecule has 0 spiro atoms. The molecule has 0 radical (unpaired) electrons. The smallest absolute Gasteiger partial charge is 0.318 e. The molecule has 3 N–H and O–H groups in total. The van der Waals surface area contributed by atoms with Gasteiger partial charge in [-0.25, -0.2) is 13.6 Å². The van der Waals surface area contributed by atoms with Gasteiger partial charge in [0.15, 0.2) is 0 Å². The predicted octanol–water partition coefficient (Wildman–Crippen LogP) is 3.37. The fourth-order valence-electron chi connectivity index (χ4n) is 3.10. The third-order valence-corrected chi connectivity index (χ3v) is 4.82. The summed E-state index contributed by atoms with van der Waals surface area (Å²) in [5, 5.41) is 20.9. The molecule has 0 bridgehead atoms. The van der Waals surface area contributed by atoms with Crippen molar-refractivity contribution in [3.63, 3.8) is 0 Å². The molecule has 1 aliphatic rings. The van der Waals surface area contributed by atoms with Crippen LogP contribution in [-0.2, 0) is 10.7 Å². The van der Waals surface area contributed by atoms with Gasteiger partial charge >= 0.3 is 17.9 Å². The molecule has 6 nitrogen and oxygen atoms in total. The lowest BCUT2D eigenvalue weighted by atomic mass is 10.0. The zero-order valence-electron chi connectivity index (χ0n) is 16.1. The lowest BCUT2D eigenvalue weighted by Gasteiger charge is -2.24. The Morgan fingerprint density at radius 3 is 2.53 bits per heavy atom. The first-order valence-electron chi connectivity index (χ1n) is 9.47. The summed E-state index contributed by atoms with van der Waals surface area (Å²) in [7, 11) is 0. The van der Waals surface area contributed by atoms with Gasteiger partial charge in [-0.15, -0.1) is 0 Å². The number of carboxylic acids is 1. The minimum atomic E-state index is -3.54. The molecule has 2 rings (SSSR count). The van der Waals surface area contributed by atoms with Gasteiger partial charge in [-0.05, 0) is 6.42 Å². The Balaban J connectivity index is 1.93. The van der Waals surface area contributed by atoms with E-state index in [1.54, 1.807) is 6.07 Å². The molecule has 0 aliphatic carbocycles. The van der Waals surface area contributed by atoms with Crippen molar-refractivity contribution >= 4 is 12.0 Å². The highest BCUT2D eigenvalue weighted by atomic mass is 19.3. The van der Waals surface area contributed by atoms with Gasteiger partial charge in [-0.2, -0.15) is 8.78 Å². The van der Waals surface area contributed by atoms with E-state index in [1.165, 1.54) is 35.2 Å². The van der Waals surface area contributed by atoms with Gasteiger partial charge < -0.3 is 20.4 Å². The SMILES string of the molecule is O=C(O)CCC(F)(F)CCCN1C(=O)NC[C@@H]1/C=C/C(O)C(F)(F)c1ccccc1. The summed E-state index contributed by atoms with van der Waals surface area (Å²) in [5.41, 5.74) is -0.358. The van der Waals surface area contributed by atoms with Crippen LogP contribution in [0.5, 0.6) is 0 Å². The first-order chi connectivity index (χ1) is 14.0. The van der Waals surface area contributed by atoms with Crippen LogP contribution in [-0.4, -0.2) is 58.3 Å². The number of nitrogens with one attached hydrogen (secondary N) is 1. The summed E-state index contributed by atoms with van der Waals surface area (Å²) in [6, 6.07) is 5.60. The second kappa shape index (κ2) is 9.92. The molecule has 30 heavy (non-hydrogen) atoms. The van der Waals surface area contributed by atoms with Crippen LogP contribution in [0.25, 0.3) is 0 Å². The van der Waals surface area contributed by atoms with Crippen LogP contribution in [0.2, 0.25) is 0 Å². The largest absolute Gasteiger partial charge is 0.481 e. The quantitative estimate of drug-likeness (QED) is 0.370. The van der Waals surface area contributed by atoms with Gasteiger partial charge in [0.1, 0.15) is 6.10 Å². The van der Waals surface area contributed by atoms with Gasteiger partial charge in [-0.1, -0.05) is 42.5 Å². The van der Waals surface area contributed by atoms with Crippen molar-refractivity contribution in [3.05, 3.63) is 48.0 Å². The number of carboxylic acid groups (broad SMARTS) is 1. The number of hydrogen-bond acceptors (Lipinski definition) is 3. The minimum Gasteiger partial charge on any atom is -0.481 e. The highest BCUT2D eigenvalue weighted by molar-refractivity contribution is 5.77. The molecule has 1 saturated heterocycles. The maximum atomic E-state index is 14.3. The number of aliphatic hydroxyl groups is 1. The van der Waals surface area contributed by atoms with Crippen LogP contribution in [0.1, 0.15) is 31.2 Å². The number of amides is 2. The molecule has 1 fully saturated rings. The van der Waals surface area contributed by atoms with Crippen LogP contribution in [0.15, 0.2) is 42.5 Å². The summed E-state index contributed by atoms with van der Waals surface area (Å²) < 4.78 is 56.0. The topological polar surface area (TPSA) is 89.9 Å². The third-order valence-electron chi connectivity index (χ3n) is 4.82. The summed E-state index contributed by atoms with van der Waals surface area (Å²) in [6.07, 6.45) is -2.12. The average molecular weight is 432 g/mol. The fourth-order valence-corrected chi connectivity index (χ4v) is 3.10. The normalized spacial score (nSPS) is 18.6. The van der Waals surface area contributed by atoms with E-state index in [0.29, 0.717) is 0 Å². The zero-order chi connectivity index (χ0) is 22.4. The average Bonchev–Trinajstić information content (AvgIpc) is 3.05. The fraction of sp³-hybridized carbons (Fsp3) is 0.500. The molecule has 2 atom stereocenters. The molecule has 1 heterocycles. The number of halogens is 4. The van der Waals surface area contributed by atoms with E-state index in [-0.39, 0.29) is 25.1 Å². The minimum absolute atomic E-state index is 0.0608. The Morgan fingerprint density at radius 2 is 1.90 bits per heavy atom. The van der Waals surface area contributed by atoms with Crippen LogP contribution in [0.3, 0.4) is 0 Å². The van der Waals surface area contributed by atoms with Crippen molar-refractivity contribution in [3.8, 4) is 0 Å². The number of carbonyl (C=O) groups is 2. The van der Waals surface area contributed by atoms with Crippen molar-refractivity contribution in [1.29, 1.82) is 0 Å². The van der Waals surface area contributed by atoms with Gasteiger partial charge in [0.25, 0.3) is 0 Å². The molecule has 0 aromatic heterocycles. The van der Waals surface area contributed by atoms with Crippen LogP contribution in [0.4, 0.5) is 22.4 Å². The molecule has 166 valence electrons. The maximum absolute atomic E-state index is 14.3. The number of aliphatic hydroxyl groups excluding tert-OH is 1. The summed E-state index contributed by atoms with van der Waals surface area (Å²) in [6.45, 7) is 0.0308. The van der Waals surface area contributed by atoms with Crippen molar-refractivity contribution in [1.82, 2.24) is 10.2 Å². The molecule has 0 saturated carbocycles. The monoisotopic (exact) mass is 432 g/mol. The second-order valence-electron chi connectivity index (χ2n) is 7.12. The highest BCUT2D eigenvalue weighted by Crippen LogP contribution is 2.32. The maximum Gasteiger partial charge on any atom is 0.318 e. The molecular formula is C20H24F4N2O4. The molecule has 1 unspecified atom stereocenters. The van der Waals surface area contributed by atoms with Crippen molar-refractivity contribution in [2.24, 2.45) is 0 Å². The number of urea groups is 1.